The number of hydrogen-bond donors (Lipinski definition) is 2. The largest absolute Gasteiger partial charge is 0.398 e. The third-order valence-electron chi connectivity index (χ3n) is 14.0. The first-order valence-electron chi connectivity index (χ1n) is 28.0. The van der Waals surface area contributed by atoms with Crippen LogP contribution in [0, 0.1) is 48.5 Å². The number of nitrogens with zero attached hydrogens (tertiary/aromatic N) is 4. The van der Waals surface area contributed by atoms with Gasteiger partial charge in [0.05, 0.1) is 22.7 Å². The highest BCUT2D eigenvalue weighted by Gasteiger charge is 2.15. The van der Waals surface area contributed by atoms with Gasteiger partial charge in [0.15, 0.2) is 0 Å². The highest BCUT2D eigenvalue weighted by molar-refractivity contribution is 5.88. The number of nitrogen functional groups attached to an aromatic ring is 2. The van der Waals surface area contributed by atoms with Crippen LogP contribution in [0.4, 0.5) is 34.1 Å². The van der Waals surface area contributed by atoms with Crippen molar-refractivity contribution in [2.75, 3.05) is 11.5 Å². The van der Waals surface area contributed by atoms with Gasteiger partial charge in [-0.2, -0.15) is 0 Å². The molecule has 0 radical (unpaired) electrons. The molecule has 0 saturated heterocycles. The Balaban J connectivity index is 0.000000214. The molecule has 0 saturated carbocycles. The molecule has 0 aliphatic carbocycles. The lowest BCUT2D eigenvalue weighted by molar-refractivity contribution is 0.112. The van der Waals surface area contributed by atoms with E-state index < -0.39 is 0 Å². The zero-order valence-corrected chi connectivity index (χ0v) is 49.3. The minimum absolute atomic E-state index is 0.729. The van der Waals surface area contributed by atoms with E-state index in [1.165, 1.54) is 61.2 Å². The van der Waals surface area contributed by atoms with Gasteiger partial charge in [0.1, 0.15) is 6.29 Å². The van der Waals surface area contributed by atoms with E-state index in [9.17, 15) is 4.79 Å². The van der Waals surface area contributed by atoms with E-state index in [0.29, 0.717) is 0 Å². The van der Waals surface area contributed by atoms with Crippen molar-refractivity contribution in [1.82, 2.24) is 0 Å². The van der Waals surface area contributed by atoms with Crippen molar-refractivity contribution < 1.29 is 4.79 Å². The van der Waals surface area contributed by atoms with Crippen LogP contribution in [0.1, 0.15) is 146 Å². The summed E-state index contributed by atoms with van der Waals surface area (Å²) in [5, 5.41) is 0. The van der Waals surface area contributed by atoms with Gasteiger partial charge in [-0.15, -0.1) is 0 Å². The fourth-order valence-corrected chi connectivity index (χ4v) is 9.00. The van der Waals surface area contributed by atoms with Gasteiger partial charge in [0.25, 0.3) is 0 Å². The van der Waals surface area contributed by atoms with E-state index >= 15 is 0 Å². The second-order valence-corrected chi connectivity index (χ2v) is 20.0. The predicted molar refractivity (Wildman–Crippen MR) is 344 cm³/mol. The van der Waals surface area contributed by atoms with E-state index in [-0.39, 0.29) is 0 Å². The Labute approximate surface area is 473 Å². The molecule has 4 N–H and O–H groups in total. The Morgan fingerprint density at radius 1 is 0.342 bits per heavy atom. The molecule has 408 valence electrons. The van der Waals surface area contributed by atoms with Crippen LogP contribution in [0.5, 0.6) is 0 Å². The van der Waals surface area contributed by atoms with Crippen molar-refractivity contribution in [3.63, 3.8) is 0 Å². The Kier molecular flexibility index (Phi) is 24.3. The summed E-state index contributed by atoms with van der Waals surface area (Å²) in [6.45, 7) is 27.6. The van der Waals surface area contributed by atoms with E-state index in [4.69, 9.17) is 31.4 Å². The van der Waals surface area contributed by atoms with E-state index in [0.717, 1.165) is 118 Å². The number of aryl methyl sites for hydroxylation is 10. The van der Waals surface area contributed by atoms with Gasteiger partial charge in [0.2, 0.25) is 0 Å². The van der Waals surface area contributed by atoms with E-state index in [2.05, 4.69) is 198 Å². The molecule has 0 aliphatic rings. The molecular formula is C72H84N6O. The summed E-state index contributed by atoms with van der Waals surface area (Å²) < 4.78 is 0. The molecule has 8 rings (SSSR count). The van der Waals surface area contributed by atoms with Crippen molar-refractivity contribution in [2.24, 2.45) is 20.0 Å². The van der Waals surface area contributed by atoms with Crippen LogP contribution in [0.15, 0.2) is 166 Å². The number of nitrogens with two attached hydrogens (primary N) is 2. The summed E-state index contributed by atoms with van der Waals surface area (Å²) in [6.07, 6.45) is 14.4. The number of aliphatic imine (C=N–C) groups is 4. The molecule has 0 aliphatic heterocycles. The Morgan fingerprint density at radius 2 is 0.658 bits per heavy atom. The standard InChI is InChI=1S/2C27H30N2.C11H18N2.C7H6O/c1-6-24-16-25(7-2)27(29-18-23-14-10-20(4)11-15-23)21(5)26(24)28-17-22-12-8-19(3)9-13-22;1-6-24-16-21(5)26(28-17-22-12-8-19(3)9-13-22)25(7-2)27(24)29-18-23-14-10-20(4)11-15-23;1-4-8-6-9(5-2)11(13)7(3)10(8)12;8-6-7-4-2-1-3-5-7/h2*8-18H,6-7H2,1-5H3;6H,4-5,12-13H2,1-3H3;1-6H. The van der Waals surface area contributed by atoms with Gasteiger partial charge in [-0.1, -0.05) is 209 Å². The fraction of sp³-hybridized carbons (Fsp3) is 0.264. The maximum Gasteiger partial charge on any atom is 0.150 e. The van der Waals surface area contributed by atoms with Crippen molar-refractivity contribution in [1.29, 1.82) is 0 Å². The van der Waals surface area contributed by atoms with Crippen LogP contribution >= 0.6 is 0 Å². The van der Waals surface area contributed by atoms with Crippen molar-refractivity contribution >= 4 is 65.3 Å². The number of benzene rings is 8. The van der Waals surface area contributed by atoms with Crippen LogP contribution in [0.25, 0.3) is 0 Å². The molecule has 7 heteroatoms. The normalized spacial score (nSPS) is 11.1. The molecule has 0 amide bonds. The van der Waals surface area contributed by atoms with Gasteiger partial charge in [-0.05, 0) is 148 Å². The summed E-state index contributed by atoms with van der Waals surface area (Å²) in [7, 11) is 0. The summed E-state index contributed by atoms with van der Waals surface area (Å²) >= 11 is 0. The highest BCUT2D eigenvalue weighted by atomic mass is 16.1. The van der Waals surface area contributed by atoms with Gasteiger partial charge < -0.3 is 11.5 Å². The maximum absolute atomic E-state index is 10.0. The molecule has 8 aromatic rings. The summed E-state index contributed by atoms with van der Waals surface area (Å²) in [5.74, 6) is 0. The SMILES string of the molecule is CCc1cc(C)c(N=Cc2ccc(C)cc2)c(CC)c1N=Cc1ccc(C)cc1.CCc1cc(CC)c(N)c(C)c1N.CCc1cc(CC)c(N=Cc2ccc(C)cc2)c(C)c1N=Cc1ccc(C)cc1.O=Cc1ccccc1. The summed E-state index contributed by atoms with van der Waals surface area (Å²) in [4.78, 5) is 29.6. The van der Waals surface area contributed by atoms with E-state index in [1.54, 1.807) is 12.1 Å². The van der Waals surface area contributed by atoms with Crippen molar-refractivity contribution in [3.05, 3.63) is 246 Å². The van der Waals surface area contributed by atoms with Gasteiger partial charge in [-0.3, -0.25) is 24.8 Å². The average Bonchev–Trinajstić information content (AvgIpc) is 3.49. The lowest BCUT2D eigenvalue weighted by Gasteiger charge is -2.15. The highest BCUT2D eigenvalue weighted by Crippen LogP contribution is 2.38. The first kappa shape index (κ1) is 61.6. The Hall–Kier alpha value is -8.29. The quantitative estimate of drug-likeness (QED) is 0.0605. The van der Waals surface area contributed by atoms with Crippen LogP contribution in [-0.4, -0.2) is 31.1 Å². The monoisotopic (exact) mass is 1050 g/mol. The molecule has 79 heavy (non-hydrogen) atoms. The number of carbonyl (C=O) groups is 1. The first-order chi connectivity index (χ1) is 38.1. The minimum atomic E-state index is 0.729. The molecule has 0 spiro atoms. The summed E-state index contributed by atoms with van der Waals surface area (Å²) in [5.41, 5.74) is 38.9. The second kappa shape index (κ2) is 31.2. The molecule has 0 bridgehead atoms. The van der Waals surface area contributed by atoms with Crippen LogP contribution in [0.2, 0.25) is 0 Å². The minimum Gasteiger partial charge on any atom is -0.398 e. The Morgan fingerprint density at radius 3 is 0.975 bits per heavy atom. The molecule has 0 aromatic heterocycles. The lowest BCUT2D eigenvalue weighted by Crippen LogP contribution is -2.04. The number of hydrogen-bond acceptors (Lipinski definition) is 7. The molecule has 0 unspecified atom stereocenters. The first-order valence-corrected chi connectivity index (χ1v) is 28.0. The lowest BCUT2D eigenvalue weighted by atomic mass is 9.97. The molecule has 8 aromatic carbocycles. The molecule has 0 fully saturated rings. The third kappa shape index (κ3) is 17.9. The van der Waals surface area contributed by atoms with Gasteiger partial charge in [0, 0.05) is 52.9 Å². The van der Waals surface area contributed by atoms with E-state index in [1.807, 2.05) is 50.0 Å². The molecule has 0 heterocycles. The molecule has 0 atom stereocenters. The summed E-state index contributed by atoms with van der Waals surface area (Å²) in [6, 6.07) is 49.5. The predicted octanol–water partition coefficient (Wildman–Crippen LogP) is 18.3. The molecular weight excluding hydrogens is 965 g/mol. The molecule has 7 nitrogen and oxygen atoms in total. The zero-order chi connectivity index (χ0) is 57.4. The fourth-order valence-electron chi connectivity index (χ4n) is 9.00. The van der Waals surface area contributed by atoms with Crippen LogP contribution in [-0.2, 0) is 38.5 Å². The Bertz CT molecular complexity index is 3160. The van der Waals surface area contributed by atoms with Crippen molar-refractivity contribution in [2.45, 2.75) is 129 Å². The maximum atomic E-state index is 10.0. The third-order valence-corrected chi connectivity index (χ3v) is 14.0. The number of anilines is 2. The zero-order valence-electron chi connectivity index (χ0n) is 49.3. The number of aldehydes is 1. The average molecular weight is 1050 g/mol. The smallest absolute Gasteiger partial charge is 0.150 e. The van der Waals surface area contributed by atoms with Gasteiger partial charge in [-0.25, -0.2) is 0 Å². The van der Waals surface area contributed by atoms with Crippen molar-refractivity contribution in [3.8, 4) is 0 Å². The topological polar surface area (TPSA) is 119 Å². The number of rotatable bonds is 15. The van der Waals surface area contributed by atoms with Crippen LogP contribution in [0.3, 0.4) is 0 Å². The number of carbonyl (C=O) groups excluding carboxylic acids is 1. The van der Waals surface area contributed by atoms with Gasteiger partial charge >= 0.3 is 0 Å². The second-order valence-electron chi connectivity index (χ2n) is 20.0. The van der Waals surface area contributed by atoms with Crippen LogP contribution < -0.4 is 11.5 Å².